The average Bonchev–Trinajstić information content (AvgIpc) is 4.10. The molecule has 4 heterocycles. The Bertz CT molecular complexity index is 2820. The highest BCUT2D eigenvalue weighted by Crippen LogP contribution is 2.55. The van der Waals surface area contributed by atoms with Gasteiger partial charge in [-0.3, -0.25) is 33.7 Å². The molecule has 4 N–H and O–H groups in total. The molecule has 4 aromatic rings. The van der Waals surface area contributed by atoms with Gasteiger partial charge in [0.05, 0.1) is 64.3 Å². The summed E-state index contributed by atoms with van der Waals surface area (Å²) in [5.41, 5.74) is 3.71. The number of aryl methyl sites for hydroxylation is 1. The number of piperazine rings is 1. The van der Waals surface area contributed by atoms with Crippen molar-refractivity contribution in [1.29, 1.82) is 5.26 Å². The molecule has 21 heteroatoms. The number of carboxylic acid groups (broad SMARTS) is 1. The Hall–Kier alpha value is -6.66. The van der Waals surface area contributed by atoms with Gasteiger partial charge in [0.15, 0.2) is 0 Å². The van der Waals surface area contributed by atoms with Crippen molar-refractivity contribution in [2.45, 2.75) is 118 Å². The number of aromatic nitrogens is 2. The third-order valence-corrected chi connectivity index (χ3v) is 16.1. The Balaban J connectivity index is 0.873. The highest BCUT2D eigenvalue weighted by Gasteiger charge is 2.64. The van der Waals surface area contributed by atoms with Crippen LogP contribution in [0.4, 0.5) is 5.82 Å². The van der Waals surface area contributed by atoms with E-state index in [4.69, 9.17) is 30.9 Å². The number of hydrogen-bond acceptors (Lipinski definition) is 15. The van der Waals surface area contributed by atoms with Crippen molar-refractivity contribution < 1.29 is 48.1 Å². The number of ether oxygens (including phenoxy) is 3. The summed E-state index contributed by atoms with van der Waals surface area (Å²) >= 11 is 7.80. The van der Waals surface area contributed by atoms with E-state index in [-0.39, 0.29) is 50.7 Å². The zero-order valence-corrected chi connectivity index (χ0v) is 46.8. The lowest BCUT2D eigenvalue weighted by atomic mass is 9.49. The number of carboxylic acids is 1. The summed E-state index contributed by atoms with van der Waals surface area (Å²) in [6.07, 6.45) is -0.341. The molecule has 19 nitrogen and oxygen atoms in total. The molecule has 0 radical (unpaired) electrons. The minimum absolute atomic E-state index is 0.0202. The number of carbonyl (C=O) groups is 6. The molecule has 3 aliphatic rings. The van der Waals surface area contributed by atoms with Crippen LogP contribution < -0.4 is 25.6 Å². The molecule has 2 aromatic carbocycles. The predicted molar refractivity (Wildman–Crippen MR) is 290 cm³/mol. The molecule has 4 amide bonds. The number of aliphatic carboxylic acids is 1. The number of hydrogen-bond donors (Lipinski definition) is 4. The third-order valence-electron chi connectivity index (χ3n) is 14.8. The van der Waals surface area contributed by atoms with Gasteiger partial charge in [-0.15, -0.1) is 11.3 Å². The highest BCUT2D eigenvalue weighted by molar-refractivity contribution is 7.13. The lowest BCUT2D eigenvalue weighted by Gasteiger charge is -2.63. The van der Waals surface area contributed by atoms with Crippen molar-refractivity contribution in [2.24, 2.45) is 16.2 Å². The van der Waals surface area contributed by atoms with Crippen LogP contribution in [0, 0.1) is 34.5 Å². The normalized spacial score (nSPS) is 20.7. The molecule has 1 saturated carbocycles. The second-order valence-corrected chi connectivity index (χ2v) is 23.6. The topological polar surface area (TPSA) is 246 Å². The van der Waals surface area contributed by atoms with Crippen LogP contribution in [-0.4, -0.2) is 143 Å². The monoisotopic (exact) mass is 1100 g/mol. The van der Waals surface area contributed by atoms with Crippen LogP contribution >= 0.6 is 22.9 Å². The van der Waals surface area contributed by atoms with Gasteiger partial charge in [-0.1, -0.05) is 84.3 Å². The Kier molecular flexibility index (Phi) is 18.3. The molecule has 0 unspecified atom stereocenters. The van der Waals surface area contributed by atoms with E-state index in [0.717, 1.165) is 27.5 Å². The van der Waals surface area contributed by atoms with Gasteiger partial charge in [0.25, 0.3) is 5.91 Å². The molecule has 77 heavy (non-hydrogen) atoms. The fourth-order valence-electron chi connectivity index (χ4n) is 10.8. The largest absolute Gasteiger partial charge is 0.489 e. The van der Waals surface area contributed by atoms with Gasteiger partial charge in [-0.05, 0) is 54.7 Å². The van der Waals surface area contributed by atoms with E-state index in [1.807, 2.05) is 44.2 Å². The maximum atomic E-state index is 14.5. The van der Waals surface area contributed by atoms with Crippen LogP contribution in [0.2, 0.25) is 5.02 Å². The van der Waals surface area contributed by atoms with E-state index in [9.17, 15) is 34.0 Å². The number of halogens is 1. The Morgan fingerprint density at radius 3 is 2.25 bits per heavy atom. The summed E-state index contributed by atoms with van der Waals surface area (Å²) in [6.45, 7) is 20.5. The summed E-state index contributed by atoms with van der Waals surface area (Å²) < 4.78 is 17.8. The first-order chi connectivity index (χ1) is 36.4. The smallest absolute Gasteiger partial charge is 0.306 e. The standard InChI is InChI=1S/C56H70ClN9O10S/c1-33(35-10-12-36(13-11-35)47-34(2)60-32-77-47)61-50(72)42-27-40(75-46(70)19-18-45(68)69)30-66(42)51(73)48(54(3,4)5)62-44(67)31-74-25-24-64-20-22-65(23-21-64)43-17-15-38(29-59-43)49(71)63-52-55(6,7)53(56(52,8)9)76-39-16-14-37(28-58)41(57)26-39/h10-17,26,29,32-33,40,42,48,52-53H,18-25,27,30-31H2,1-9H3,(H,61,72)(H,62,67)(H,63,71)(H,68,69)/t33-,40+,42-,48+,52?,53?/m0/s1. The van der Waals surface area contributed by atoms with Gasteiger partial charge in [-0.25, -0.2) is 9.97 Å². The number of anilines is 1. The zero-order chi connectivity index (χ0) is 56.0. The van der Waals surface area contributed by atoms with Gasteiger partial charge < -0.3 is 45.1 Å². The average molecular weight is 1100 g/mol. The number of pyridine rings is 1. The van der Waals surface area contributed by atoms with E-state index in [1.165, 1.54) is 4.90 Å². The van der Waals surface area contributed by atoms with E-state index in [0.29, 0.717) is 54.6 Å². The molecule has 412 valence electrons. The maximum Gasteiger partial charge on any atom is 0.306 e. The Labute approximate surface area is 459 Å². The lowest BCUT2D eigenvalue weighted by Crippen LogP contribution is -2.74. The van der Waals surface area contributed by atoms with Gasteiger partial charge in [0.2, 0.25) is 17.7 Å². The Morgan fingerprint density at radius 2 is 1.65 bits per heavy atom. The summed E-state index contributed by atoms with van der Waals surface area (Å²) in [5, 5.41) is 27.8. The molecule has 2 aromatic heterocycles. The van der Waals surface area contributed by atoms with Crippen LogP contribution in [0.25, 0.3) is 10.4 Å². The van der Waals surface area contributed by atoms with Gasteiger partial charge >= 0.3 is 11.9 Å². The van der Waals surface area contributed by atoms with Crippen LogP contribution in [0.5, 0.6) is 5.75 Å². The number of rotatable bonds is 20. The summed E-state index contributed by atoms with van der Waals surface area (Å²) in [5.74, 6) is -2.35. The zero-order valence-electron chi connectivity index (χ0n) is 45.2. The number of nitrogens with zero attached hydrogens (tertiary/aromatic N) is 6. The SMILES string of the molecule is Cc1ncsc1-c1ccc([C@H](C)NC(=O)[C@@H]2C[C@@H](OC(=O)CCC(=O)O)CN2C(=O)[C@@H](NC(=O)COCCN2CCN(c3ccc(C(=O)NC4C(C)(C)C(Oc5ccc(C#N)c(Cl)c5)C4(C)C)cn3)CC2)C(C)(C)C)cc1. The minimum Gasteiger partial charge on any atom is -0.489 e. The van der Waals surface area contributed by atoms with Crippen molar-refractivity contribution >= 4 is 64.3 Å². The number of nitrogens with one attached hydrogen (secondary N) is 3. The fraction of sp³-hybridized carbons (Fsp3) is 0.518. The molecule has 0 bridgehead atoms. The van der Waals surface area contributed by atoms with Crippen LogP contribution in [0.3, 0.4) is 0 Å². The van der Waals surface area contributed by atoms with Crippen LogP contribution in [0.1, 0.15) is 108 Å². The molecule has 7 rings (SSSR count). The first kappa shape index (κ1) is 58.0. The van der Waals surface area contributed by atoms with Gasteiger partial charge in [-0.2, -0.15) is 5.26 Å². The number of amides is 4. The second kappa shape index (κ2) is 24.3. The predicted octanol–water partition coefficient (Wildman–Crippen LogP) is 6.58. The van der Waals surface area contributed by atoms with E-state index in [1.54, 1.807) is 68.1 Å². The molecule has 0 spiro atoms. The van der Waals surface area contributed by atoms with Crippen LogP contribution in [-0.2, 0) is 33.4 Å². The molecule has 1 aliphatic carbocycles. The third kappa shape index (κ3) is 13.9. The molecule has 2 saturated heterocycles. The summed E-state index contributed by atoms with van der Waals surface area (Å²) in [6, 6.07) is 15.7. The molecule has 4 atom stereocenters. The number of esters is 1. The van der Waals surface area contributed by atoms with Crippen molar-refractivity contribution in [3.63, 3.8) is 0 Å². The number of carbonyl (C=O) groups excluding carboxylic acids is 5. The minimum atomic E-state index is -1.16. The van der Waals surface area contributed by atoms with Gasteiger partial charge in [0.1, 0.15) is 48.5 Å². The quantitative estimate of drug-likeness (QED) is 0.0540. The fourth-order valence-corrected chi connectivity index (χ4v) is 11.8. The van der Waals surface area contributed by atoms with E-state index in [2.05, 4.69) is 69.5 Å². The first-order valence-electron chi connectivity index (χ1n) is 25.9. The maximum absolute atomic E-state index is 14.5. The number of nitriles is 1. The first-order valence-corrected chi connectivity index (χ1v) is 27.1. The van der Waals surface area contributed by atoms with E-state index >= 15 is 0 Å². The molecule has 2 aliphatic heterocycles. The molecular formula is C56H70ClN9O10S. The van der Waals surface area contributed by atoms with Crippen molar-refractivity contribution in [2.75, 3.05) is 57.4 Å². The number of likely N-dealkylation sites (tertiary alicyclic amines) is 1. The van der Waals surface area contributed by atoms with E-state index < -0.39 is 76.6 Å². The van der Waals surface area contributed by atoms with Crippen molar-refractivity contribution in [3.8, 4) is 22.3 Å². The summed E-state index contributed by atoms with van der Waals surface area (Å²) in [4.78, 5) is 95.1. The lowest BCUT2D eigenvalue weighted by molar-refractivity contribution is -0.164. The summed E-state index contributed by atoms with van der Waals surface area (Å²) in [7, 11) is 0. The van der Waals surface area contributed by atoms with Gasteiger partial charge in [0, 0.05) is 68.3 Å². The molecule has 3 fully saturated rings. The van der Waals surface area contributed by atoms with Crippen molar-refractivity contribution in [1.82, 2.24) is 35.7 Å². The Morgan fingerprint density at radius 1 is 0.948 bits per heavy atom. The van der Waals surface area contributed by atoms with Crippen molar-refractivity contribution in [3.05, 3.63) is 93.7 Å². The highest BCUT2D eigenvalue weighted by atomic mass is 35.5. The second-order valence-electron chi connectivity index (χ2n) is 22.3. The van der Waals surface area contributed by atoms with Crippen LogP contribution in [0.15, 0.2) is 66.3 Å². The number of benzene rings is 2. The number of thiazole rings is 1. The molecular weight excluding hydrogens is 1030 g/mol.